The Morgan fingerprint density at radius 3 is 2.85 bits per heavy atom. The van der Waals surface area contributed by atoms with Crippen LogP contribution in [0.15, 0.2) is 11.1 Å². The molecule has 0 aliphatic rings. The fourth-order valence-corrected chi connectivity index (χ4v) is 1.14. The lowest BCUT2D eigenvalue weighted by Crippen LogP contribution is -2.04. The summed E-state index contributed by atoms with van der Waals surface area (Å²) in [5.41, 5.74) is 5.51. The molecule has 0 saturated carbocycles. The zero-order valence-corrected chi connectivity index (χ0v) is 8.85. The smallest absolute Gasteiger partial charge is 0.160 e. The first kappa shape index (κ1) is 10.3. The monoisotopic (exact) mass is 216 g/mol. The van der Waals surface area contributed by atoms with Crippen molar-refractivity contribution in [2.75, 3.05) is 6.26 Å². The van der Waals surface area contributed by atoms with Gasteiger partial charge in [-0.15, -0.1) is 0 Å². The Balaban J connectivity index is 3.02. The van der Waals surface area contributed by atoms with E-state index in [1.165, 1.54) is 11.8 Å². The van der Waals surface area contributed by atoms with Gasteiger partial charge < -0.3 is 5.73 Å². The molecule has 0 aliphatic heterocycles. The number of amidine groups is 1. The Bertz CT molecular complexity index is 319. The van der Waals surface area contributed by atoms with Crippen LogP contribution in [0.2, 0.25) is 5.15 Å². The van der Waals surface area contributed by atoms with Crippen molar-refractivity contribution in [1.82, 2.24) is 9.97 Å². The van der Waals surface area contributed by atoms with Gasteiger partial charge >= 0.3 is 0 Å². The average Bonchev–Trinajstić information content (AvgIpc) is 2.02. The van der Waals surface area contributed by atoms with Crippen LogP contribution in [-0.2, 0) is 0 Å². The molecule has 0 radical (unpaired) electrons. The van der Waals surface area contributed by atoms with Crippen LogP contribution < -0.4 is 5.73 Å². The predicted octanol–water partition coefficient (Wildman–Crippen LogP) is 1.75. The molecule has 4 nitrogen and oxygen atoms in total. The summed E-state index contributed by atoms with van der Waals surface area (Å²) in [6.07, 6.45) is 1.84. The van der Waals surface area contributed by atoms with Gasteiger partial charge in [0.1, 0.15) is 11.0 Å². The molecule has 0 saturated heterocycles. The zero-order chi connectivity index (χ0) is 9.84. The summed E-state index contributed by atoms with van der Waals surface area (Å²) < 4.78 is 0. The number of hydrogen-bond donors (Lipinski definition) is 1. The van der Waals surface area contributed by atoms with E-state index in [4.69, 9.17) is 17.3 Å². The van der Waals surface area contributed by atoms with Gasteiger partial charge in [-0.3, -0.25) is 0 Å². The molecule has 1 heterocycles. The maximum Gasteiger partial charge on any atom is 0.160 e. The van der Waals surface area contributed by atoms with E-state index < -0.39 is 0 Å². The highest BCUT2D eigenvalue weighted by Crippen LogP contribution is 2.14. The van der Waals surface area contributed by atoms with E-state index in [1.807, 2.05) is 6.26 Å². The van der Waals surface area contributed by atoms with Crippen LogP contribution in [0.1, 0.15) is 5.82 Å². The fourth-order valence-electron chi connectivity index (χ4n) is 0.732. The van der Waals surface area contributed by atoms with Gasteiger partial charge in [0.15, 0.2) is 11.0 Å². The second-order valence-electron chi connectivity index (χ2n) is 2.25. The lowest BCUT2D eigenvalue weighted by atomic mass is 10.5. The molecule has 0 aromatic carbocycles. The second-order valence-corrected chi connectivity index (χ2v) is 3.46. The van der Waals surface area contributed by atoms with E-state index in [0.717, 1.165) is 0 Å². The second kappa shape index (κ2) is 4.43. The quantitative estimate of drug-likeness (QED) is 0.441. The molecule has 0 spiro atoms. The molecule has 1 rings (SSSR count). The fraction of sp³-hybridized carbons (Fsp3) is 0.286. The van der Waals surface area contributed by atoms with E-state index in [1.54, 1.807) is 13.0 Å². The molecule has 70 valence electrons. The molecule has 0 aliphatic carbocycles. The van der Waals surface area contributed by atoms with Crippen LogP contribution in [0.3, 0.4) is 0 Å². The Morgan fingerprint density at radius 1 is 1.62 bits per heavy atom. The number of nitrogens with zero attached hydrogens (tertiary/aromatic N) is 3. The highest BCUT2D eigenvalue weighted by atomic mass is 35.5. The molecule has 1 aromatic heterocycles. The molecule has 13 heavy (non-hydrogen) atoms. The van der Waals surface area contributed by atoms with Gasteiger partial charge in [0, 0.05) is 6.07 Å². The maximum atomic E-state index is 5.71. The minimum Gasteiger partial charge on any atom is -0.378 e. The SMILES string of the molecule is CSC(N)=Nc1cc(Cl)nc(C)n1. The molecule has 2 N–H and O–H groups in total. The molecule has 0 fully saturated rings. The Morgan fingerprint density at radius 2 is 2.31 bits per heavy atom. The zero-order valence-electron chi connectivity index (χ0n) is 7.28. The summed E-state index contributed by atoms with van der Waals surface area (Å²) in [7, 11) is 0. The van der Waals surface area contributed by atoms with Crippen molar-refractivity contribution in [2.45, 2.75) is 6.92 Å². The maximum absolute atomic E-state index is 5.71. The van der Waals surface area contributed by atoms with Crippen molar-refractivity contribution in [3.63, 3.8) is 0 Å². The van der Waals surface area contributed by atoms with E-state index in [-0.39, 0.29) is 0 Å². The minimum absolute atomic E-state index is 0.375. The number of rotatable bonds is 1. The van der Waals surface area contributed by atoms with Gasteiger partial charge in [-0.2, -0.15) is 0 Å². The number of aromatic nitrogens is 2. The molecular formula is C7H9ClN4S. The average molecular weight is 217 g/mol. The van der Waals surface area contributed by atoms with Gasteiger partial charge in [0.2, 0.25) is 0 Å². The molecule has 0 unspecified atom stereocenters. The van der Waals surface area contributed by atoms with Gasteiger partial charge in [-0.05, 0) is 13.2 Å². The first-order valence-corrected chi connectivity index (χ1v) is 5.11. The van der Waals surface area contributed by atoms with Crippen LogP contribution in [0.5, 0.6) is 0 Å². The van der Waals surface area contributed by atoms with E-state index in [2.05, 4.69) is 15.0 Å². The third-order valence-electron chi connectivity index (χ3n) is 1.23. The van der Waals surface area contributed by atoms with Crippen LogP contribution in [-0.4, -0.2) is 21.4 Å². The number of aliphatic imine (C=N–C) groups is 1. The summed E-state index contributed by atoms with van der Waals surface area (Å²) in [6, 6.07) is 1.57. The van der Waals surface area contributed by atoms with Crippen molar-refractivity contribution in [2.24, 2.45) is 10.7 Å². The normalized spacial score (nSPS) is 11.8. The van der Waals surface area contributed by atoms with Gasteiger partial charge in [0.25, 0.3) is 0 Å². The highest BCUT2D eigenvalue weighted by Gasteiger charge is 1.98. The van der Waals surface area contributed by atoms with E-state index in [9.17, 15) is 0 Å². The highest BCUT2D eigenvalue weighted by molar-refractivity contribution is 8.13. The summed E-state index contributed by atoms with van der Waals surface area (Å²) >= 11 is 7.06. The van der Waals surface area contributed by atoms with Crippen molar-refractivity contribution >= 4 is 34.3 Å². The molecule has 6 heteroatoms. The van der Waals surface area contributed by atoms with Crippen LogP contribution in [0.25, 0.3) is 0 Å². The summed E-state index contributed by atoms with van der Waals surface area (Å²) in [5, 5.41) is 0.828. The Labute approximate surface area is 85.6 Å². The lowest BCUT2D eigenvalue weighted by molar-refractivity contribution is 1.05. The summed E-state index contributed by atoms with van der Waals surface area (Å²) in [5.74, 6) is 1.07. The molecule has 0 amide bonds. The lowest BCUT2D eigenvalue weighted by Gasteiger charge is -1.97. The number of hydrogen-bond acceptors (Lipinski definition) is 4. The molecule has 0 atom stereocenters. The van der Waals surface area contributed by atoms with Crippen molar-refractivity contribution in [3.8, 4) is 0 Å². The minimum atomic E-state index is 0.375. The topological polar surface area (TPSA) is 64.2 Å². The van der Waals surface area contributed by atoms with E-state index >= 15 is 0 Å². The number of halogens is 1. The van der Waals surface area contributed by atoms with E-state index in [0.29, 0.717) is 22.0 Å². The first-order valence-electron chi connectivity index (χ1n) is 3.51. The van der Waals surface area contributed by atoms with Gasteiger partial charge in [0.05, 0.1) is 0 Å². The largest absolute Gasteiger partial charge is 0.378 e. The molecule has 0 bridgehead atoms. The van der Waals surface area contributed by atoms with Crippen molar-refractivity contribution in [1.29, 1.82) is 0 Å². The third-order valence-corrected chi connectivity index (χ3v) is 1.93. The third kappa shape index (κ3) is 3.20. The number of thioether (sulfide) groups is 1. The molecule has 1 aromatic rings. The Hall–Kier alpha value is -0.810. The predicted molar refractivity (Wildman–Crippen MR) is 56.6 cm³/mol. The van der Waals surface area contributed by atoms with Gasteiger partial charge in [-0.1, -0.05) is 23.4 Å². The standard InChI is InChI=1S/C7H9ClN4S/c1-4-10-5(8)3-6(11-4)12-7(9)13-2/h3H,1-2H3,(H2,9,10,11,12). The van der Waals surface area contributed by atoms with Crippen molar-refractivity contribution < 1.29 is 0 Å². The van der Waals surface area contributed by atoms with Crippen LogP contribution in [0.4, 0.5) is 5.82 Å². The number of nitrogens with two attached hydrogens (primary N) is 1. The van der Waals surface area contributed by atoms with Gasteiger partial charge in [-0.25, -0.2) is 15.0 Å². The van der Waals surface area contributed by atoms with Crippen LogP contribution in [0, 0.1) is 6.92 Å². The first-order chi connectivity index (χ1) is 6.11. The van der Waals surface area contributed by atoms with Crippen LogP contribution >= 0.6 is 23.4 Å². The summed E-state index contributed by atoms with van der Waals surface area (Å²) in [6.45, 7) is 1.75. The van der Waals surface area contributed by atoms with Crippen molar-refractivity contribution in [3.05, 3.63) is 17.0 Å². The number of aryl methyl sites for hydroxylation is 1. The molecular weight excluding hydrogens is 208 g/mol. The summed E-state index contributed by atoms with van der Waals surface area (Å²) in [4.78, 5) is 12.0. The Kier molecular flexibility index (Phi) is 3.50.